The lowest BCUT2D eigenvalue weighted by atomic mass is 10.1. The summed E-state index contributed by atoms with van der Waals surface area (Å²) < 4.78 is 1.83. The van der Waals surface area contributed by atoms with Crippen molar-refractivity contribution >= 4 is 5.69 Å². The van der Waals surface area contributed by atoms with Crippen molar-refractivity contribution in [3.63, 3.8) is 0 Å². The van der Waals surface area contributed by atoms with Gasteiger partial charge in [0.1, 0.15) is 0 Å². The van der Waals surface area contributed by atoms with Gasteiger partial charge < -0.3 is 10.6 Å². The summed E-state index contributed by atoms with van der Waals surface area (Å²) >= 11 is 0. The lowest BCUT2D eigenvalue weighted by Gasteiger charge is -2.09. The number of hydrogen-bond donors (Lipinski definition) is 2. The van der Waals surface area contributed by atoms with Crippen LogP contribution in [0.3, 0.4) is 0 Å². The van der Waals surface area contributed by atoms with Gasteiger partial charge in [-0.3, -0.25) is 4.68 Å². The summed E-state index contributed by atoms with van der Waals surface area (Å²) in [5.74, 6) is 0. The van der Waals surface area contributed by atoms with E-state index in [0.717, 1.165) is 19.6 Å². The summed E-state index contributed by atoms with van der Waals surface area (Å²) in [6.07, 6.45) is 3.93. The Balaban J connectivity index is 1.75. The largest absolute Gasteiger partial charge is 0.381 e. The minimum Gasteiger partial charge on any atom is -0.381 e. The molecule has 3 rings (SSSR count). The van der Waals surface area contributed by atoms with Gasteiger partial charge in [-0.05, 0) is 17.2 Å². The maximum atomic E-state index is 4.17. The van der Waals surface area contributed by atoms with Gasteiger partial charge in [-0.2, -0.15) is 5.10 Å². The zero-order valence-electron chi connectivity index (χ0n) is 9.90. The second-order valence-electron chi connectivity index (χ2n) is 4.42. The fraction of sp³-hybridized carbons (Fsp3) is 0.308. The molecule has 2 aromatic rings. The van der Waals surface area contributed by atoms with Crippen molar-refractivity contribution in [2.24, 2.45) is 7.05 Å². The third-order valence-corrected chi connectivity index (χ3v) is 3.13. The van der Waals surface area contributed by atoms with Crippen molar-refractivity contribution in [1.29, 1.82) is 0 Å². The molecular formula is C13H16N4. The number of rotatable bonds is 3. The Kier molecular flexibility index (Phi) is 2.57. The lowest BCUT2D eigenvalue weighted by molar-refractivity contribution is 0.764. The molecule has 4 nitrogen and oxygen atoms in total. The van der Waals surface area contributed by atoms with Crippen LogP contribution in [0.1, 0.15) is 16.7 Å². The van der Waals surface area contributed by atoms with E-state index in [1.807, 2.05) is 24.1 Å². The van der Waals surface area contributed by atoms with E-state index < -0.39 is 0 Å². The molecule has 2 heterocycles. The Bertz CT molecular complexity index is 530. The zero-order valence-corrected chi connectivity index (χ0v) is 9.90. The molecule has 0 unspecified atom stereocenters. The van der Waals surface area contributed by atoms with Gasteiger partial charge in [0.25, 0.3) is 0 Å². The molecule has 0 bridgehead atoms. The summed E-state index contributed by atoms with van der Waals surface area (Å²) in [6, 6.07) is 6.43. The summed E-state index contributed by atoms with van der Waals surface area (Å²) in [6.45, 7) is 2.77. The van der Waals surface area contributed by atoms with Crippen LogP contribution in [0.15, 0.2) is 30.6 Å². The lowest BCUT2D eigenvalue weighted by Crippen LogP contribution is -2.03. The van der Waals surface area contributed by atoms with Gasteiger partial charge in [-0.25, -0.2) is 0 Å². The van der Waals surface area contributed by atoms with E-state index in [2.05, 4.69) is 33.9 Å². The second-order valence-corrected chi connectivity index (χ2v) is 4.42. The molecular weight excluding hydrogens is 212 g/mol. The molecule has 0 saturated carbocycles. The topological polar surface area (TPSA) is 41.9 Å². The van der Waals surface area contributed by atoms with Gasteiger partial charge in [-0.1, -0.05) is 12.1 Å². The molecule has 0 aliphatic carbocycles. The average Bonchev–Trinajstić information content (AvgIpc) is 2.94. The number of aromatic nitrogens is 2. The van der Waals surface area contributed by atoms with E-state index >= 15 is 0 Å². The Morgan fingerprint density at radius 3 is 3.18 bits per heavy atom. The Labute approximate surface area is 101 Å². The van der Waals surface area contributed by atoms with Crippen LogP contribution in [0.2, 0.25) is 0 Å². The minimum atomic E-state index is 0.824. The second kappa shape index (κ2) is 4.22. The molecule has 0 amide bonds. The van der Waals surface area contributed by atoms with E-state index in [-0.39, 0.29) is 0 Å². The Morgan fingerprint density at radius 1 is 1.41 bits per heavy atom. The van der Waals surface area contributed by atoms with Crippen LogP contribution >= 0.6 is 0 Å². The Hall–Kier alpha value is -1.81. The number of benzene rings is 1. The molecule has 88 valence electrons. The van der Waals surface area contributed by atoms with Gasteiger partial charge in [-0.15, -0.1) is 0 Å². The van der Waals surface area contributed by atoms with Gasteiger partial charge in [0.2, 0.25) is 0 Å². The quantitative estimate of drug-likeness (QED) is 0.839. The first-order valence-corrected chi connectivity index (χ1v) is 5.86. The van der Waals surface area contributed by atoms with Crippen LogP contribution in [0.25, 0.3) is 0 Å². The third kappa shape index (κ3) is 2.03. The van der Waals surface area contributed by atoms with Gasteiger partial charge in [0.15, 0.2) is 0 Å². The molecule has 0 atom stereocenters. The fourth-order valence-electron chi connectivity index (χ4n) is 2.26. The van der Waals surface area contributed by atoms with Crippen LogP contribution in [0.4, 0.5) is 5.69 Å². The first-order valence-electron chi connectivity index (χ1n) is 5.86. The number of aryl methyl sites for hydroxylation is 1. The monoisotopic (exact) mass is 228 g/mol. The average molecular weight is 228 g/mol. The number of nitrogens with zero attached hydrogens (tertiary/aromatic N) is 2. The van der Waals surface area contributed by atoms with Crippen molar-refractivity contribution in [3.05, 3.63) is 47.3 Å². The number of fused-ring (bicyclic) bond motifs is 1. The fourth-order valence-corrected chi connectivity index (χ4v) is 2.26. The van der Waals surface area contributed by atoms with Crippen molar-refractivity contribution < 1.29 is 0 Å². The molecule has 1 aliphatic heterocycles. The highest BCUT2D eigenvalue weighted by molar-refractivity contribution is 5.56. The molecule has 0 fully saturated rings. The molecule has 0 radical (unpaired) electrons. The van der Waals surface area contributed by atoms with Crippen LogP contribution < -0.4 is 10.6 Å². The van der Waals surface area contributed by atoms with Gasteiger partial charge in [0.05, 0.1) is 6.20 Å². The van der Waals surface area contributed by atoms with E-state index in [1.165, 1.54) is 22.4 Å². The minimum absolute atomic E-state index is 0.824. The molecule has 0 spiro atoms. The van der Waals surface area contributed by atoms with E-state index in [0.29, 0.717) is 0 Å². The zero-order chi connectivity index (χ0) is 11.7. The van der Waals surface area contributed by atoms with E-state index in [9.17, 15) is 0 Å². The highest BCUT2D eigenvalue weighted by atomic mass is 15.2. The molecule has 2 N–H and O–H groups in total. The first kappa shape index (κ1) is 10.4. The van der Waals surface area contributed by atoms with Gasteiger partial charge in [0, 0.05) is 44.1 Å². The summed E-state index contributed by atoms with van der Waals surface area (Å²) in [4.78, 5) is 0. The highest BCUT2D eigenvalue weighted by Crippen LogP contribution is 2.24. The van der Waals surface area contributed by atoms with Gasteiger partial charge >= 0.3 is 0 Å². The summed E-state index contributed by atoms with van der Waals surface area (Å²) in [7, 11) is 1.94. The van der Waals surface area contributed by atoms with Crippen LogP contribution in [0.5, 0.6) is 0 Å². The predicted octanol–water partition coefficient (Wildman–Crippen LogP) is 1.64. The normalized spacial score (nSPS) is 13.7. The van der Waals surface area contributed by atoms with E-state index in [4.69, 9.17) is 0 Å². The number of hydrogen-bond acceptors (Lipinski definition) is 3. The smallest absolute Gasteiger partial charge is 0.0539 e. The number of nitrogens with one attached hydrogen (secondary N) is 2. The summed E-state index contributed by atoms with van der Waals surface area (Å²) in [5, 5.41) is 11.0. The van der Waals surface area contributed by atoms with Crippen LogP contribution in [-0.2, 0) is 26.7 Å². The SMILES string of the molecule is Cn1cc(CNc2cccc3c2CNC3)cn1. The first-order chi connectivity index (χ1) is 8.33. The Morgan fingerprint density at radius 2 is 2.35 bits per heavy atom. The van der Waals surface area contributed by atoms with E-state index in [1.54, 1.807) is 0 Å². The highest BCUT2D eigenvalue weighted by Gasteiger charge is 2.13. The molecule has 4 heteroatoms. The number of anilines is 1. The molecule has 17 heavy (non-hydrogen) atoms. The molecule has 0 saturated heterocycles. The van der Waals surface area contributed by atoms with Crippen LogP contribution in [0, 0.1) is 0 Å². The summed E-state index contributed by atoms with van der Waals surface area (Å²) in [5.41, 5.74) is 5.24. The molecule has 1 aromatic heterocycles. The predicted molar refractivity (Wildman–Crippen MR) is 67.5 cm³/mol. The van der Waals surface area contributed by atoms with Crippen molar-refractivity contribution in [2.75, 3.05) is 5.32 Å². The van der Waals surface area contributed by atoms with Crippen molar-refractivity contribution in [1.82, 2.24) is 15.1 Å². The molecule has 1 aliphatic rings. The maximum Gasteiger partial charge on any atom is 0.0539 e. The maximum absolute atomic E-state index is 4.17. The van der Waals surface area contributed by atoms with Crippen LogP contribution in [-0.4, -0.2) is 9.78 Å². The van der Waals surface area contributed by atoms with Crippen molar-refractivity contribution in [2.45, 2.75) is 19.6 Å². The standard InChI is InChI=1S/C13H16N4/c1-17-9-10(6-16-17)5-15-13-4-2-3-11-7-14-8-12(11)13/h2-4,6,9,14-15H,5,7-8H2,1H3. The third-order valence-electron chi connectivity index (χ3n) is 3.13. The molecule has 1 aromatic carbocycles. The van der Waals surface area contributed by atoms with Crippen molar-refractivity contribution in [3.8, 4) is 0 Å².